The van der Waals surface area contributed by atoms with Gasteiger partial charge < -0.3 is 19.6 Å². The van der Waals surface area contributed by atoms with E-state index in [1.807, 2.05) is 6.20 Å². The Bertz CT molecular complexity index is 3130. The van der Waals surface area contributed by atoms with E-state index < -0.39 is 0 Å². The van der Waals surface area contributed by atoms with Crippen LogP contribution in [-0.2, 0) is 5.41 Å². The molecule has 0 bridgehead atoms. The van der Waals surface area contributed by atoms with Gasteiger partial charge in [-0.25, -0.2) is 0 Å². The second-order valence-electron chi connectivity index (χ2n) is 16.9. The molecule has 0 saturated heterocycles. The van der Waals surface area contributed by atoms with E-state index in [4.69, 9.17) is 4.98 Å². The van der Waals surface area contributed by atoms with Crippen molar-refractivity contribution in [2.45, 2.75) is 19.3 Å². The molecule has 0 atom stereocenters. The van der Waals surface area contributed by atoms with E-state index in [9.17, 15) is 0 Å². The Balaban J connectivity index is 0.841. The standard InChI is InChI=1S/C58H43N5/c1-58(2)48-37-40(29-31-41-32-33-45(39-59-41)63-56-27-15-11-23-52(56)61(43-19-7-4-8-20-43)53-24-12-16-28-57(53)63)30-35-46(48)47-36-34-44(38-49(47)58)62-54-25-13-9-21-50(54)60(42-17-5-3-6-18-42)51-22-10-14-26-55(51)62/h3-39H,1-2H3. The number of anilines is 12. The Kier molecular flexibility index (Phi) is 8.44. The maximum Gasteiger partial charge on any atom is 0.0704 e. The van der Waals surface area contributed by atoms with Crippen molar-refractivity contribution in [3.05, 3.63) is 235 Å². The van der Waals surface area contributed by atoms with Crippen molar-refractivity contribution in [2.75, 3.05) is 19.6 Å². The van der Waals surface area contributed by atoms with E-state index in [-0.39, 0.29) is 5.41 Å². The zero-order valence-electron chi connectivity index (χ0n) is 35.1. The molecule has 5 nitrogen and oxygen atoms in total. The topological polar surface area (TPSA) is 25.9 Å². The SMILES string of the molecule is CC1(C)c2cc(C=Cc3ccc(N4c5ccccc5N(c5ccccc5)c5ccccc54)cn3)ccc2-c2ccc(N3c4ccccc4N(c4ccccc4)c4ccccc43)cc21. The molecule has 0 radical (unpaired) electrons. The Labute approximate surface area is 368 Å². The van der Waals surface area contributed by atoms with Crippen molar-refractivity contribution < 1.29 is 0 Å². The van der Waals surface area contributed by atoms with Gasteiger partial charge in [-0.3, -0.25) is 4.98 Å². The Morgan fingerprint density at radius 2 is 0.730 bits per heavy atom. The number of rotatable bonds is 6. The van der Waals surface area contributed by atoms with Crippen molar-refractivity contribution in [1.82, 2.24) is 4.98 Å². The third-order valence-corrected chi connectivity index (χ3v) is 12.9. The lowest BCUT2D eigenvalue weighted by Crippen LogP contribution is -2.24. The molecule has 300 valence electrons. The fourth-order valence-electron chi connectivity index (χ4n) is 9.95. The van der Waals surface area contributed by atoms with Gasteiger partial charge in [0.1, 0.15) is 0 Å². The van der Waals surface area contributed by atoms with Crippen LogP contribution in [0.5, 0.6) is 0 Å². The van der Waals surface area contributed by atoms with E-state index in [1.165, 1.54) is 22.3 Å². The molecular weight excluding hydrogens is 767 g/mol. The van der Waals surface area contributed by atoms with Crippen LogP contribution in [-0.4, -0.2) is 4.98 Å². The Morgan fingerprint density at radius 3 is 1.17 bits per heavy atom. The van der Waals surface area contributed by atoms with Crippen molar-refractivity contribution in [1.29, 1.82) is 0 Å². The Morgan fingerprint density at radius 1 is 0.349 bits per heavy atom. The lowest BCUT2D eigenvalue weighted by atomic mass is 9.81. The third kappa shape index (κ3) is 5.88. The molecule has 0 N–H and O–H groups in total. The highest BCUT2D eigenvalue weighted by Crippen LogP contribution is 2.57. The molecule has 0 unspecified atom stereocenters. The van der Waals surface area contributed by atoms with Gasteiger partial charge >= 0.3 is 0 Å². The molecule has 3 heterocycles. The van der Waals surface area contributed by atoms with Gasteiger partial charge in [0.15, 0.2) is 0 Å². The minimum atomic E-state index is -0.202. The summed E-state index contributed by atoms with van der Waals surface area (Å²) in [5.74, 6) is 0. The average molecular weight is 810 g/mol. The first kappa shape index (κ1) is 36.7. The molecule has 0 fully saturated rings. The van der Waals surface area contributed by atoms with Gasteiger partial charge in [0, 0.05) is 22.5 Å². The van der Waals surface area contributed by atoms with Crippen LogP contribution in [0.1, 0.15) is 36.2 Å². The van der Waals surface area contributed by atoms with E-state index in [0.29, 0.717) is 0 Å². The van der Waals surface area contributed by atoms with Crippen LogP contribution >= 0.6 is 0 Å². The number of aromatic nitrogens is 1. The van der Waals surface area contributed by atoms with Gasteiger partial charge in [-0.05, 0) is 131 Å². The van der Waals surface area contributed by atoms with Crippen molar-refractivity contribution in [3.63, 3.8) is 0 Å². The molecule has 3 aliphatic rings. The largest absolute Gasteiger partial charge is 0.306 e. The molecule has 1 aliphatic carbocycles. The summed E-state index contributed by atoms with van der Waals surface area (Å²) >= 11 is 0. The highest BCUT2D eigenvalue weighted by atomic mass is 15.3. The summed E-state index contributed by atoms with van der Waals surface area (Å²) in [6, 6.07) is 74.1. The van der Waals surface area contributed by atoms with E-state index in [1.54, 1.807) is 0 Å². The van der Waals surface area contributed by atoms with Crippen LogP contribution in [0, 0.1) is 0 Å². The zero-order valence-corrected chi connectivity index (χ0v) is 35.1. The number of pyridine rings is 1. The van der Waals surface area contributed by atoms with Gasteiger partial charge in [0.2, 0.25) is 0 Å². The highest BCUT2D eigenvalue weighted by Gasteiger charge is 2.38. The summed E-state index contributed by atoms with van der Waals surface area (Å²) in [5.41, 5.74) is 20.7. The first-order chi connectivity index (χ1) is 31.0. The molecule has 8 aromatic carbocycles. The van der Waals surface area contributed by atoms with Gasteiger partial charge in [-0.1, -0.05) is 129 Å². The maximum absolute atomic E-state index is 4.98. The Hall–Kier alpha value is -8.15. The number of benzene rings is 8. The lowest BCUT2D eigenvalue weighted by molar-refractivity contribution is 0.660. The van der Waals surface area contributed by atoms with E-state index in [0.717, 1.165) is 79.5 Å². The summed E-state index contributed by atoms with van der Waals surface area (Å²) in [6.07, 6.45) is 6.30. The number of fused-ring (bicyclic) bond motifs is 7. The molecule has 0 amide bonds. The second-order valence-corrected chi connectivity index (χ2v) is 16.9. The summed E-state index contributed by atoms with van der Waals surface area (Å²) in [6.45, 7) is 4.72. The first-order valence-corrected chi connectivity index (χ1v) is 21.6. The summed E-state index contributed by atoms with van der Waals surface area (Å²) in [4.78, 5) is 14.4. The molecule has 12 rings (SSSR count). The molecule has 5 heteroatoms. The van der Waals surface area contributed by atoms with Crippen LogP contribution in [0.25, 0.3) is 23.3 Å². The molecule has 9 aromatic rings. The van der Waals surface area contributed by atoms with Gasteiger partial charge in [0.05, 0.1) is 63.1 Å². The molecular formula is C58H43N5. The zero-order chi connectivity index (χ0) is 42.1. The lowest BCUT2D eigenvalue weighted by Gasteiger charge is -2.40. The van der Waals surface area contributed by atoms with Crippen molar-refractivity contribution in [3.8, 4) is 11.1 Å². The molecule has 63 heavy (non-hydrogen) atoms. The van der Waals surface area contributed by atoms with Crippen molar-refractivity contribution in [2.24, 2.45) is 0 Å². The average Bonchev–Trinajstić information content (AvgIpc) is 3.56. The molecule has 2 aliphatic heterocycles. The van der Waals surface area contributed by atoms with E-state index >= 15 is 0 Å². The van der Waals surface area contributed by atoms with E-state index in [2.05, 4.69) is 252 Å². The highest BCUT2D eigenvalue weighted by molar-refractivity contribution is 6.03. The summed E-state index contributed by atoms with van der Waals surface area (Å²) < 4.78 is 0. The minimum Gasteiger partial charge on any atom is -0.306 e. The summed E-state index contributed by atoms with van der Waals surface area (Å²) in [5, 5.41) is 0. The molecule has 1 aromatic heterocycles. The smallest absolute Gasteiger partial charge is 0.0704 e. The number of nitrogens with zero attached hydrogens (tertiary/aromatic N) is 5. The van der Waals surface area contributed by atoms with Gasteiger partial charge in [-0.2, -0.15) is 0 Å². The molecule has 0 saturated carbocycles. The van der Waals surface area contributed by atoms with Gasteiger partial charge in [0.25, 0.3) is 0 Å². The van der Waals surface area contributed by atoms with Crippen LogP contribution in [0.3, 0.4) is 0 Å². The maximum atomic E-state index is 4.98. The quantitative estimate of drug-likeness (QED) is 0.167. The number of hydrogen-bond donors (Lipinski definition) is 0. The number of para-hydroxylation sites is 10. The third-order valence-electron chi connectivity index (χ3n) is 12.9. The number of hydrogen-bond acceptors (Lipinski definition) is 5. The van der Waals surface area contributed by atoms with Gasteiger partial charge in [-0.15, -0.1) is 0 Å². The predicted molar refractivity (Wildman–Crippen MR) is 263 cm³/mol. The fourth-order valence-corrected chi connectivity index (χ4v) is 9.95. The molecule has 0 spiro atoms. The second kappa shape index (κ2) is 14.5. The first-order valence-electron chi connectivity index (χ1n) is 21.6. The fraction of sp³-hybridized carbons (Fsp3) is 0.0517. The predicted octanol–water partition coefficient (Wildman–Crippen LogP) is 16.1. The van der Waals surface area contributed by atoms with Crippen LogP contribution in [0.15, 0.2) is 212 Å². The summed E-state index contributed by atoms with van der Waals surface area (Å²) in [7, 11) is 0. The normalized spacial score (nSPS) is 14.1. The van der Waals surface area contributed by atoms with Crippen LogP contribution < -0.4 is 19.6 Å². The monoisotopic (exact) mass is 809 g/mol. The van der Waals surface area contributed by atoms with Crippen LogP contribution in [0.2, 0.25) is 0 Å². The van der Waals surface area contributed by atoms with Crippen molar-refractivity contribution >= 4 is 80.4 Å². The van der Waals surface area contributed by atoms with Crippen LogP contribution in [0.4, 0.5) is 68.2 Å². The minimum absolute atomic E-state index is 0.202.